The van der Waals surface area contributed by atoms with Crippen LogP contribution < -0.4 is 5.32 Å². The third-order valence-corrected chi connectivity index (χ3v) is 2.93. The Morgan fingerprint density at radius 2 is 2.24 bits per heavy atom. The lowest BCUT2D eigenvalue weighted by atomic mass is 10.2. The van der Waals surface area contributed by atoms with Gasteiger partial charge in [-0.3, -0.25) is 0 Å². The van der Waals surface area contributed by atoms with Crippen molar-refractivity contribution >= 4 is 0 Å². The zero-order valence-electron chi connectivity index (χ0n) is 10.5. The van der Waals surface area contributed by atoms with Crippen LogP contribution in [0.1, 0.15) is 22.8 Å². The van der Waals surface area contributed by atoms with Gasteiger partial charge in [0.1, 0.15) is 11.6 Å². The average molecular weight is 234 g/mol. The summed E-state index contributed by atoms with van der Waals surface area (Å²) in [5.74, 6) is 1.99. The summed E-state index contributed by atoms with van der Waals surface area (Å²) in [6.07, 6.45) is 4.71. The van der Waals surface area contributed by atoms with E-state index in [0.29, 0.717) is 0 Å². The number of aryl methyl sites for hydroxylation is 3. The molecule has 0 amide bonds. The first-order valence-electron chi connectivity index (χ1n) is 5.77. The van der Waals surface area contributed by atoms with Crippen LogP contribution in [0.4, 0.5) is 0 Å². The minimum absolute atomic E-state index is 0.797. The molecular formula is C12H18N4O. The van der Waals surface area contributed by atoms with Crippen LogP contribution >= 0.6 is 0 Å². The molecule has 0 fully saturated rings. The molecule has 1 N–H and O–H groups in total. The molecule has 0 radical (unpaired) electrons. The third-order valence-electron chi connectivity index (χ3n) is 2.93. The molecule has 2 rings (SSSR count). The Balaban J connectivity index is 1.79. The number of nitrogens with one attached hydrogen (secondary N) is 1. The molecule has 0 aliphatic rings. The quantitative estimate of drug-likeness (QED) is 0.794. The molecule has 92 valence electrons. The van der Waals surface area contributed by atoms with Gasteiger partial charge in [-0.25, -0.2) is 4.98 Å². The monoisotopic (exact) mass is 234 g/mol. The van der Waals surface area contributed by atoms with Crippen molar-refractivity contribution in [1.82, 2.24) is 20.0 Å². The van der Waals surface area contributed by atoms with E-state index < -0.39 is 0 Å². The van der Waals surface area contributed by atoms with E-state index in [9.17, 15) is 0 Å². The summed E-state index contributed by atoms with van der Waals surface area (Å²) in [4.78, 5) is 4.28. The third kappa shape index (κ3) is 2.74. The van der Waals surface area contributed by atoms with Gasteiger partial charge in [-0.2, -0.15) is 0 Å². The molecule has 0 aromatic carbocycles. The fraction of sp³-hybridized carbons (Fsp3) is 0.500. The van der Waals surface area contributed by atoms with Crippen molar-refractivity contribution in [2.24, 2.45) is 7.05 Å². The van der Waals surface area contributed by atoms with E-state index in [4.69, 9.17) is 4.52 Å². The first-order chi connectivity index (χ1) is 8.18. The standard InChI is InChI=1S/C12H18N4O/c1-9-11(10(2)17-15-9)8-13-5-4-12-14-6-7-16(12)3/h6-7,13H,4-5,8H2,1-3H3. The number of rotatable bonds is 5. The summed E-state index contributed by atoms with van der Waals surface area (Å²) in [7, 11) is 2.01. The highest BCUT2D eigenvalue weighted by molar-refractivity contribution is 5.20. The van der Waals surface area contributed by atoms with Crippen molar-refractivity contribution < 1.29 is 4.52 Å². The van der Waals surface area contributed by atoms with Gasteiger partial charge in [-0.15, -0.1) is 0 Å². The Morgan fingerprint density at radius 1 is 1.41 bits per heavy atom. The van der Waals surface area contributed by atoms with Gasteiger partial charge in [0.15, 0.2) is 0 Å². The fourth-order valence-electron chi connectivity index (χ4n) is 1.81. The lowest BCUT2D eigenvalue weighted by Crippen LogP contribution is -2.18. The summed E-state index contributed by atoms with van der Waals surface area (Å²) in [5, 5.41) is 7.31. The molecule has 2 heterocycles. The van der Waals surface area contributed by atoms with Crippen LogP contribution in [0.5, 0.6) is 0 Å². The predicted octanol–water partition coefficient (Wildman–Crippen LogP) is 1.36. The maximum atomic E-state index is 5.11. The minimum Gasteiger partial charge on any atom is -0.361 e. The van der Waals surface area contributed by atoms with Crippen LogP contribution in [-0.2, 0) is 20.0 Å². The van der Waals surface area contributed by atoms with Crippen LogP contribution in [0.15, 0.2) is 16.9 Å². The fourth-order valence-corrected chi connectivity index (χ4v) is 1.81. The molecule has 0 bridgehead atoms. The lowest BCUT2D eigenvalue weighted by molar-refractivity contribution is 0.392. The molecule has 0 unspecified atom stereocenters. The topological polar surface area (TPSA) is 55.9 Å². The van der Waals surface area contributed by atoms with E-state index in [-0.39, 0.29) is 0 Å². The van der Waals surface area contributed by atoms with E-state index >= 15 is 0 Å². The maximum Gasteiger partial charge on any atom is 0.138 e. The number of aromatic nitrogens is 3. The van der Waals surface area contributed by atoms with E-state index in [1.807, 2.05) is 37.9 Å². The molecule has 0 aliphatic heterocycles. The van der Waals surface area contributed by atoms with Crippen LogP contribution in [-0.4, -0.2) is 21.3 Å². The Hall–Kier alpha value is -1.62. The number of hydrogen-bond donors (Lipinski definition) is 1. The zero-order valence-corrected chi connectivity index (χ0v) is 10.5. The Morgan fingerprint density at radius 3 is 2.82 bits per heavy atom. The smallest absolute Gasteiger partial charge is 0.138 e. The molecule has 0 spiro atoms. The van der Waals surface area contributed by atoms with E-state index in [1.165, 1.54) is 0 Å². The molecule has 5 heteroatoms. The largest absolute Gasteiger partial charge is 0.361 e. The highest BCUT2D eigenvalue weighted by Crippen LogP contribution is 2.11. The van der Waals surface area contributed by atoms with Crippen molar-refractivity contribution in [1.29, 1.82) is 0 Å². The van der Waals surface area contributed by atoms with Crippen LogP contribution in [0.3, 0.4) is 0 Å². The first kappa shape index (κ1) is 11.9. The molecular weight excluding hydrogens is 216 g/mol. The highest BCUT2D eigenvalue weighted by atomic mass is 16.5. The SMILES string of the molecule is Cc1noc(C)c1CNCCc1nccn1C. The summed E-state index contributed by atoms with van der Waals surface area (Å²) in [5.41, 5.74) is 2.12. The van der Waals surface area contributed by atoms with Crippen LogP contribution in [0.2, 0.25) is 0 Å². The van der Waals surface area contributed by atoms with Crippen LogP contribution in [0, 0.1) is 13.8 Å². The Kier molecular flexibility index (Phi) is 3.58. The number of nitrogens with zero attached hydrogens (tertiary/aromatic N) is 3. The van der Waals surface area contributed by atoms with Gasteiger partial charge in [-0.05, 0) is 13.8 Å². The summed E-state index contributed by atoms with van der Waals surface area (Å²) < 4.78 is 7.15. The van der Waals surface area contributed by atoms with Crippen LogP contribution in [0.25, 0.3) is 0 Å². The van der Waals surface area contributed by atoms with E-state index in [2.05, 4.69) is 15.5 Å². The molecule has 2 aromatic heterocycles. The highest BCUT2D eigenvalue weighted by Gasteiger charge is 2.07. The predicted molar refractivity (Wildman–Crippen MR) is 64.6 cm³/mol. The average Bonchev–Trinajstić information content (AvgIpc) is 2.84. The lowest BCUT2D eigenvalue weighted by Gasteiger charge is -2.04. The van der Waals surface area contributed by atoms with Crippen molar-refractivity contribution in [3.8, 4) is 0 Å². The number of hydrogen-bond acceptors (Lipinski definition) is 4. The maximum absolute atomic E-state index is 5.11. The second-order valence-corrected chi connectivity index (χ2v) is 4.18. The van der Waals surface area contributed by atoms with Gasteiger partial charge in [0.25, 0.3) is 0 Å². The summed E-state index contributed by atoms with van der Waals surface area (Å²) >= 11 is 0. The molecule has 17 heavy (non-hydrogen) atoms. The van der Waals surface area contributed by atoms with E-state index in [1.54, 1.807) is 0 Å². The molecule has 0 aliphatic carbocycles. The van der Waals surface area contributed by atoms with Gasteiger partial charge in [0.05, 0.1) is 5.69 Å². The van der Waals surface area contributed by atoms with Gasteiger partial charge in [-0.1, -0.05) is 5.16 Å². The normalized spacial score (nSPS) is 11.0. The molecule has 0 atom stereocenters. The molecule has 5 nitrogen and oxygen atoms in total. The summed E-state index contributed by atoms with van der Waals surface area (Å²) in [6.45, 7) is 5.60. The van der Waals surface area contributed by atoms with Gasteiger partial charge in [0, 0.05) is 44.5 Å². The Bertz CT molecular complexity index is 467. The van der Waals surface area contributed by atoms with Crippen molar-refractivity contribution in [3.63, 3.8) is 0 Å². The second kappa shape index (κ2) is 5.14. The number of imidazole rings is 1. The van der Waals surface area contributed by atoms with Gasteiger partial charge < -0.3 is 14.4 Å². The molecule has 0 saturated carbocycles. The van der Waals surface area contributed by atoms with Crippen molar-refractivity contribution in [2.45, 2.75) is 26.8 Å². The Labute approximate surface area is 101 Å². The molecule has 2 aromatic rings. The zero-order chi connectivity index (χ0) is 12.3. The second-order valence-electron chi connectivity index (χ2n) is 4.18. The summed E-state index contributed by atoms with van der Waals surface area (Å²) in [6, 6.07) is 0. The van der Waals surface area contributed by atoms with Crippen molar-refractivity contribution in [2.75, 3.05) is 6.54 Å². The minimum atomic E-state index is 0.797. The van der Waals surface area contributed by atoms with Crippen molar-refractivity contribution in [3.05, 3.63) is 35.2 Å². The van der Waals surface area contributed by atoms with E-state index in [0.717, 1.165) is 42.4 Å². The first-order valence-corrected chi connectivity index (χ1v) is 5.77. The molecule has 0 saturated heterocycles. The van der Waals surface area contributed by atoms with Gasteiger partial charge in [0.2, 0.25) is 0 Å². The van der Waals surface area contributed by atoms with Gasteiger partial charge >= 0.3 is 0 Å².